The minimum absolute atomic E-state index is 0.149. The summed E-state index contributed by atoms with van der Waals surface area (Å²) in [5.74, 6) is 1.55. The summed E-state index contributed by atoms with van der Waals surface area (Å²) in [6, 6.07) is 4.58. The monoisotopic (exact) mass is 445 g/mol. The zero-order valence-electron chi connectivity index (χ0n) is 19.6. The van der Waals surface area contributed by atoms with Crippen molar-refractivity contribution >= 4 is 17.9 Å². The van der Waals surface area contributed by atoms with Crippen LogP contribution in [-0.2, 0) is 14.3 Å². The van der Waals surface area contributed by atoms with Crippen molar-refractivity contribution in [2.24, 2.45) is 0 Å². The molecule has 0 fully saturated rings. The second-order valence-corrected chi connectivity index (χ2v) is 8.28. The van der Waals surface area contributed by atoms with Crippen molar-refractivity contribution in [2.45, 2.75) is 65.1 Å². The molecule has 1 aromatic rings. The highest BCUT2D eigenvalue weighted by Crippen LogP contribution is 2.25. The Morgan fingerprint density at radius 3 is 2.41 bits per heavy atom. The number of ether oxygens (including phenoxy) is 1. The average molecular weight is 446 g/mol. The maximum Gasteiger partial charge on any atom is 0.408 e. The molecule has 0 aliphatic carbocycles. The number of aliphatic hydroxyl groups excluding tert-OH is 1. The lowest BCUT2D eigenvalue weighted by Crippen LogP contribution is -2.54. The normalized spacial score (nSPS) is 12.8. The van der Waals surface area contributed by atoms with Gasteiger partial charge in [0.15, 0.2) is 0 Å². The van der Waals surface area contributed by atoms with Crippen LogP contribution in [0.2, 0.25) is 0 Å². The summed E-state index contributed by atoms with van der Waals surface area (Å²) in [5, 5.41) is 15.0. The van der Waals surface area contributed by atoms with Crippen LogP contribution in [0.4, 0.5) is 4.79 Å². The number of hydrogen-bond donors (Lipinski definition) is 3. The minimum Gasteiger partial charge on any atom is -0.444 e. The molecule has 3 amide bonds. The number of aliphatic hydroxyl groups is 1. The van der Waals surface area contributed by atoms with E-state index in [0.717, 1.165) is 12.8 Å². The van der Waals surface area contributed by atoms with Gasteiger partial charge in [0.25, 0.3) is 0 Å². The Labute approximate surface area is 190 Å². The van der Waals surface area contributed by atoms with Gasteiger partial charge >= 0.3 is 6.09 Å². The third-order valence-corrected chi connectivity index (χ3v) is 4.60. The summed E-state index contributed by atoms with van der Waals surface area (Å²) in [6.45, 7) is 8.73. The SMILES string of the molecule is C#Cc1ccccc1C(C(=O)NCCCC)N(CC)C(=O)C(CO)NC(=O)OC(C)(C)C. The topological polar surface area (TPSA) is 108 Å². The first-order chi connectivity index (χ1) is 15.1. The van der Waals surface area contributed by atoms with Gasteiger partial charge < -0.3 is 25.4 Å². The third-order valence-electron chi connectivity index (χ3n) is 4.60. The summed E-state index contributed by atoms with van der Waals surface area (Å²) < 4.78 is 5.19. The highest BCUT2D eigenvalue weighted by Gasteiger charge is 2.36. The zero-order chi connectivity index (χ0) is 24.3. The van der Waals surface area contributed by atoms with E-state index >= 15 is 0 Å². The predicted octanol–water partition coefficient (Wildman–Crippen LogP) is 2.36. The van der Waals surface area contributed by atoms with Crippen molar-refractivity contribution in [3.8, 4) is 12.3 Å². The molecule has 0 radical (unpaired) electrons. The summed E-state index contributed by atoms with van der Waals surface area (Å²) >= 11 is 0. The van der Waals surface area contributed by atoms with Crippen LogP contribution in [0.5, 0.6) is 0 Å². The van der Waals surface area contributed by atoms with Crippen LogP contribution in [0.25, 0.3) is 0 Å². The molecule has 176 valence electrons. The van der Waals surface area contributed by atoms with Gasteiger partial charge in [0.1, 0.15) is 17.7 Å². The molecular formula is C24H35N3O5. The maximum atomic E-state index is 13.3. The number of carbonyl (C=O) groups is 3. The number of rotatable bonds is 10. The van der Waals surface area contributed by atoms with Crippen molar-refractivity contribution in [1.82, 2.24) is 15.5 Å². The van der Waals surface area contributed by atoms with Crippen LogP contribution < -0.4 is 10.6 Å². The molecule has 32 heavy (non-hydrogen) atoms. The van der Waals surface area contributed by atoms with Gasteiger partial charge in [-0.15, -0.1) is 6.42 Å². The molecule has 1 aromatic carbocycles. The van der Waals surface area contributed by atoms with E-state index in [1.807, 2.05) is 6.92 Å². The molecular weight excluding hydrogens is 410 g/mol. The van der Waals surface area contributed by atoms with Crippen molar-refractivity contribution in [3.05, 3.63) is 35.4 Å². The molecule has 0 spiro atoms. The van der Waals surface area contributed by atoms with Gasteiger partial charge in [-0.25, -0.2) is 4.79 Å². The van der Waals surface area contributed by atoms with Crippen LogP contribution in [-0.4, -0.2) is 59.3 Å². The van der Waals surface area contributed by atoms with E-state index in [2.05, 4.69) is 16.6 Å². The molecule has 8 heteroatoms. The van der Waals surface area contributed by atoms with Crippen LogP contribution in [0, 0.1) is 12.3 Å². The van der Waals surface area contributed by atoms with Gasteiger partial charge in [-0.3, -0.25) is 9.59 Å². The fourth-order valence-electron chi connectivity index (χ4n) is 3.10. The molecule has 0 saturated heterocycles. The molecule has 0 bridgehead atoms. The Bertz CT molecular complexity index is 826. The molecule has 0 saturated carbocycles. The van der Waals surface area contributed by atoms with E-state index in [9.17, 15) is 19.5 Å². The largest absolute Gasteiger partial charge is 0.444 e. The number of carbonyl (C=O) groups excluding carboxylic acids is 3. The van der Waals surface area contributed by atoms with Gasteiger partial charge in [-0.05, 0) is 45.7 Å². The van der Waals surface area contributed by atoms with Gasteiger partial charge in [0.05, 0.1) is 6.61 Å². The standard InChI is InChI=1S/C24H35N3O5/c1-7-10-15-25-21(29)20(18-14-12-11-13-17(18)8-2)27(9-3)22(30)19(16-28)26-23(31)32-24(4,5)6/h2,11-14,19-20,28H,7,9-10,15-16H2,1,3-6H3,(H,25,29)(H,26,31). The number of amides is 3. The highest BCUT2D eigenvalue weighted by molar-refractivity contribution is 5.92. The van der Waals surface area contributed by atoms with Crippen LogP contribution in [0.3, 0.4) is 0 Å². The first-order valence-electron chi connectivity index (χ1n) is 10.8. The Morgan fingerprint density at radius 1 is 1.22 bits per heavy atom. The number of hydrogen-bond acceptors (Lipinski definition) is 5. The number of benzene rings is 1. The number of unbranched alkanes of at least 4 members (excludes halogenated alkanes) is 1. The lowest BCUT2D eigenvalue weighted by Gasteiger charge is -2.33. The maximum absolute atomic E-state index is 13.3. The van der Waals surface area contributed by atoms with Crippen molar-refractivity contribution in [2.75, 3.05) is 19.7 Å². The molecule has 0 heterocycles. The van der Waals surface area contributed by atoms with Crippen LogP contribution in [0.15, 0.2) is 24.3 Å². The fraction of sp³-hybridized carbons (Fsp3) is 0.542. The van der Waals surface area contributed by atoms with Crippen molar-refractivity contribution < 1.29 is 24.2 Å². The Morgan fingerprint density at radius 2 is 1.88 bits per heavy atom. The molecule has 1 rings (SSSR count). The number of likely N-dealkylation sites (N-methyl/N-ethyl adjacent to an activating group) is 1. The van der Waals surface area contributed by atoms with Gasteiger partial charge in [0, 0.05) is 18.7 Å². The summed E-state index contributed by atoms with van der Waals surface area (Å²) in [5.41, 5.74) is 0.202. The first-order valence-corrected chi connectivity index (χ1v) is 10.8. The Hall–Kier alpha value is -3.05. The number of nitrogens with one attached hydrogen (secondary N) is 2. The van der Waals surface area contributed by atoms with Crippen LogP contribution in [0.1, 0.15) is 64.6 Å². The summed E-state index contributed by atoms with van der Waals surface area (Å²) in [4.78, 5) is 40.0. The molecule has 8 nitrogen and oxygen atoms in total. The molecule has 2 unspecified atom stereocenters. The zero-order valence-corrected chi connectivity index (χ0v) is 19.6. The Balaban J connectivity index is 3.29. The second-order valence-electron chi connectivity index (χ2n) is 8.28. The van der Waals surface area contributed by atoms with Crippen LogP contribution >= 0.6 is 0 Å². The molecule has 0 aromatic heterocycles. The van der Waals surface area contributed by atoms with E-state index in [1.165, 1.54) is 4.90 Å². The van der Waals surface area contributed by atoms with E-state index in [4.69, 9.17) is 11.2 Å². The quantitative estimate of drug-likeness (QED) is 0.379. The Kier molecular flexibility index (Phi) is 10.7. The predicted molar refractivity (Wildman–Crippen MR) is 123 cm³/mol. The highest BCUT2D eigenvalue weighted by atomic mass is 16.6. The second kappa shape index (κ2) is 12.7. The van der Waals surface area contributed by atoms with E-state index < -0.39 is 36.3 Å². The minimum atomic E-state index is -1.28. The number of alkyl carbamates (subject to hydrolysis) is 1. The average Bonchev–Trinajstić information content (AvgIpc) is 2.74. The molecule has 0 aliphatic rings. The summed E-state index contributed by atoms with van der Waals surface area (Å²) in [7, 11) is 0. The molecule has 3 N–H and O–H groups in total. The van der Waals surface area contributed by atoms with Gasteiger partial charge in [0.2, 0.25) is 11.8 Å². The van der Waals surface area contributed by atoms with E-state index in [0.29, 0.717) is 17.7 Å². The molecule has 0 aliphatic heterocycles. The fourth-order valence-corrected chi connectivity index (χ4v) is 3.10. The van der Waals surface area contributed by atoms with Gasteiger partial charge in [-0.1, -0.05) is 37.5 Å². The number of terminal acetylenes is 1. The molecule has 2 atom stereocenters. The number of nitrogens with zero attached hydrogens (tertiary/aromatic N) is 1. The smallest absolute Gasteiger partial charge is 0.408 e. The van der Waals surface area contributed by atoms with Crippen molar-refractivity contribution in [1.29, 1.82) is 0 Å². The van der Waals surface area contributed by atoms with Crippen molar-refractivity contribution in [3.63, 3.8) is 0 Å². The summed E-state index contributed by atoms with van der Waals surface area (Å²) in [6.07, 6.45) is 6.48. The lowest BCUT2D eigenvalue weighted by molar-refractivity contribution is -0.143. The van der Waals surface area contributed by atoms with E-state index in [-0.39, 0.29) is 12.5 Å². The third kappa shape index (κ3) is 7.89. The lowest BCUT2D eigenvalue weighted by atomic mass is 9.97. The van der Waals surface area contributed by atoms with E-state index in [1.54, 1.807) is 52.0 Å². The van der Waals surface area contributed by atoms with Gasteiger partial charge in [-0.2, -0.15) is 0 Å². The first kappa shape index (κ1) is 27.0.